The van der Waals surface area contributed by atoms with Gasteiger partial charge in [0.25, 0.3) is 5.91 Å². The van der Waals surface area contributed by atoms with E-state index in [9.17, 15) is 19.8 Å². The third kappa shape index (κ3) is 3.69. The van der Waals surface area contributed by atoms with E-state index < -0.39 is 11.9 Å². The first kappa shape index (κ1) is 21.1. The number of aromatic nitrogens is 1. The number of phenolic OH excluding ortho intramolecular Hbond substituents is 1. The van der Waals surface area contributed by atoms with E-state index in [2.05, 4.69) is 10.3 Å². The maximum Gasteiger partial charge on any atom is 0.337 e. The Labute approximate surface area is 185 Å². The number of phenols is 1. The van der Waals surface area contributed by atoms with Crippen LogP contribution in [0.15, 0.2) is 48.3 Å². The Morgan fingerprint density at radius 1 is 1.00 bits per heavy atom. The number of fused-ring (bicyclic) bond motifs is 1. The Hall–Kier alpha value is -4.13. The molecule has 0 aliphatic carbocycles. The fourth-order valence-corrected chi connectivity index (χ4v) is 3.74. The molecule has 0 spiro atoms. The summed E-state index contributed by atoms with van der Waals surface area (Å²) in [4.78, 5) is 28.7. The van der Waals surface area contributed by atoms with Gasteiger partial charge in [0.2, 0.25) is 0 Å². The second-order valence-electron chi connectivity index (χ2n) is 7.68. The highest BCUT2D eigenvalue weighted by Crippen LogP contribution is 2.40. The molecule has 0 saturated heterocycles. The van der Waals surface area contributed by atoms with Crippen LogP contribution < -0.4 is 10.1 Å². The number of carbonyl (C=O) groups is 2. The van der Waals surface area contributed by atoms with E-state index in [1.165, 1.54) is 6.07 Å². The van der Waals surface area contributed by atoms with E-state index in [1.807, 2.05) is 13.8 Å². The van der Waals surface area contributed by atoms with Crippen LogP contribution in [0.2, 0.25) is 0 Å². The first-order valence-corrected chi connectivity index (χ1v) is 10.0. The lowest BCUT2D eigenvalue weighted by molar-refractivity contribution is -0.113. The molecule has 0 atom stereocenters. The van der Waals surface area contributed by atoms with Crippen LogP contribution in [0.4, 0.5) is 5.69 Å². The number of nitrogens with one attached hydrogen (secondary N) is 1. The SMILES string of the molecule is Cc1c(C)c2c(c(C)c1O)C=C(C(=O)Nc1ccc(-c3ccncc3)cc1C(=O)O)CO2. The lowest BCUT2D eigenvalue weighted by Gasteiger charge is -2.23. The largest absolute Gasteiger partial charge is 0.507 e. The molecule has 0 radical (unpaired) electrons. The molecular formula is C25H22N2O5. The van der Waals surface area contributed by atoms with E-state index in [0.717, 1.165) is 16.7 Å². The first-order chi connectivity index (χ1) is 15.3. The predicted octanol–water partition coefficient (Wildman–Crippen LogP) is 4.49. The zero-order valence-electron chi connectivity index (χ0n) is 17.9. The van der Waals surface area contributed by atoms with Gasteiger partial charge in [-0.2, -0.15) is 0 Å². The molecule has 1 aliphatic rings. The topological polar surface area (TPSA) is 109 Å². The Kier molecular flexibility index (Phi) is 5.40. The zero-order chi connectivity index (χ0) is 23.0. The van der Waals surface area contributed by atoms with Gasteiger partial charge in [-0.15, -0.1) is 0 Å². The summed E-state index contributed by atoms with van der Waals surface area (Å²) in [6.07, 6.45) is 4.94. The molecule has 0 fully saturated rings. The lowest BCUT2D eigenvalue weighted by Crippen LogP contribution is -2.23. The average molecular weight is 430 g/mol. The van der Waals surface area contributed by atoms with Crippen molar-refractivity contribution in [1.29, 1.82) is 0 Å². The number of hydrogen-bond donors (Lipinski definition) is 3. The zero-order valence-corrected chi connectivity index (χ0v) is 17.9. The molecule has 2 aromatic carbocycles. The molecular weight excluding hydrogens is 408 g/mol. The van der Waals surface area contributed by atoms with Crippen LogP contribution in [0.1, 0.15) is 32.6 Å². The van der Waals surface area contributed by atoms with Crippen molar-refractivity contribution in [3.63, 3.8) is 0 Å². The number of pyridine rings is 1. The van der Waals surface area contributed by atoms with Crippen molar-refractivity contribution in [3.05, 3.63) is 76.1 Å². The molecule has 1 amide bonds. The minimum atomic E-state index is -1.15. The van der Waals surface area contributed by atoms with Crippen molar-refractivity contribution in [1.82, 2.24) is 4.98 Å². The monoisotopic (exact) mass is 430 g/mol. The van der Waals surface area contributed by atoms with Gasteiger partial charge in [-0.05, 0) is 73.4 Å². The van der Waals surface area contributed by atoms with Gasteiger partial charge in [0, 0.05) is 23.5 Å². The number of carbonyl (C=O) groups excluding carboxylic acids is 1. The van der Waals surface area contributed by atoms with Crippen LogP contribution in [0.25, 0.3) is 17.2 Å². The van der Waals surface area contributed by atoms with E-state index in [0.29, 0.717) is 28.0 Å². The quantitative estimate of drug-likeness (QED) is 0.563. The van der Waals surface area contributed by atoms with Crippen molar-refractivity contribution in [2.45, 2.75) is 20.8 Å². The molecule has 0 saturated carbocycles. The second-order valence-corrected chi connectivity index (χ2v) is 7.68. The molecule has 7 heteroatoms. The summed E-state index contributed by atoms with van der Waals surface area (Å²) in [5, 5.41) is 22.7. The molecule has 2 heterocycles. The summed E-state index contributed by atoms with van der Waals surface area (Å²) in [5.41, 5.74) is 4.85. The minimum Gasteiger partial charge on any atom is -0.507 e. The number of aromatic carboxylic acids is 1. The van der Waals surface area contributed by atoms with Gasteiger partial charge >= 0.3 is 5.97 Å². The summed E-state index contributed by atoms with van der Waals surface area (Å²) < 4.78 is 5.83. The maximum absolute atomic E-state index is 12.9. The van der Waals surface area contributed by atoms with Crippen molar-refractivity contribution in [2.75, 3.05) is 11.9 Å². The van der Waals surface area contributed by atoms with Crippen LogP contribution in [0.3, 0.4) is 0 Å². The number of amides is 1. The van der Waals surface area contributed by atoms with Gasteiger partial charge in [0.1, 0.15) is 18.1 Å². The Bertz CT molecular complexity index is 1280. The number of rotatable bonds is 4. The molecule has 3 aromatic rings. The van der Waals surface area contributed by atoms with Crippen LogP contribution in [-0.2, 0) is 4.79 Å². The number of anilines is 1. The molecule has 4 rings (SSSR count). The molecule has 32 heavy (non-hydrogen) atoms. The molecule has 162 valence electrons. The number of benzene rings is 2. The number of aromatic hydroxyl groups is 1. The first-order valence-electron chi connectivity index (χ1n) is 10.0. The van der Waals surface area contributed by atoms with E-state index in [1.54, 1.807) is 49.7 Å². The molecule has 3 N–H and O–H groups in total. The Balaban J connectivity index is 1.66. The van der Waals surface area contributed by atoms with Crippen molar-refractivity contribution >= 4 is 23.6 Å². The molecule has 0 unspecified atom stereocenters. The summed E-state index contributed by atoms with van der Waals surface area (Å²) >= 11 is 0. The normalized spacial score (nSPS) is 12.4. The summed E-state index contributed by atoms with van der Waals surface area (Å²) in [5.74, 6) is -0.806. The predicted molar refractivity (Wildman–Crippen MR) is 121 cm³/mol. The number of carboxylic acid groups (broad SMARTS) is 1. The average Bonchev–Trinajstić information content (AvgIpc) is 2.81. The second kappa shape index (κ2) is 8.19. The lowest BCUT2D eigenvalue weighted by atomic mass is 9.94. The highest BCUT2D eigenvalue weighted by Gasteiger charge is 2.24. The van der Waals surface area contributed by atoms with E-state index in [-0.39, 0.29) is 23.6 Å². The molecule has 0 bridgehead atoms. The van der Waals surface area contributed by atoms with Crippen LogP contribution in [-0.4, -0.2) is 33.7 Å². The third-order valence-electron chi connectivity index (χ3n) is 5.76. The number of carboxylic acids is 1. The van der Waals surface area contributed by atoms with E-state index in [4.69, 9.17) is 4.74 Å². The van der Waals surface area contributed by atoms with Crippen LogP contribution >= 0.6 is 0 Å². The van der Waals surface area contributed by atoms with Gasteiger partial charge in [0.05, 0.1) is 16.8 Å². The van der Waals surface area contributed by atoms with Gasteiger partial charge in [0.15, 0.2) is 0 Å². The highest BCUT2D eigenvalue weighted by molar-refractivity contribution is 6.10. The fraction of sp³-hybridized carbons (Fsp3) is 0.160. The van der Waals surface area contributed by atoms with Crippen LogP contribution in [0, 0.1) is 20.8 Å². The molecule has 1 aliphatic heterocycles. The van der Waals surface area contributed by atoms with Crippen LogP contribution in [0.5, 0.6) is 11.5 Å². The Morgan fingerprint density at radius 2 is 1.72 bits per heavy atom. The molecule has 7 nitrogen and oxygen atoms in total. The van der Waals surface area contributed by atoms with Crippen molar-refractivity contribution < 1.29 is 24.5 Å². The Morgan fingerprint density at radius 3 is 2.41 bits per heavy atom. The summed E-state index contributed by atoms with van der Waals surface area (Å²) in [6.45, 7) is 5.48. The van der Waals surface area contributed by atoms with E-state index >= 15 is 0 Å². The summed E-state index contributed by atoms with van der Waals surface area (Å²) in [6, 6.07) is 8.39. The minimum absolute atomic E-state index is 0.0225. The highest BCUT2D eigenvalue weighted by atomic mass is 16.5. The smallest absolute Gasteiger partial charge is 0.337 e. The van der Waals surface area contributed by atoms with Crippen molar-refractivity contribution in [2.24, 2.45) is 0 Å². The molecule has 1 aromatic heterocycles. The van der Waals surface area contributed by atoms with Gasteiger partial charge in [-0.25, -0.2) is 4.79 Å². The third-order valence-corrected chi connectivity index (χ3v) is 5.76. The van der Waals surface area contributed by atoms with Gasteiger partial charge in [-0.3, -0.25) is 9.78 Å². The number of ether oxygens (including phenoxy) is 1. The number of nitrogens with zero attached hydrogens (tertiary/aromatic N) is 1. The number of hydrogen-bond acceptors (Lipinski definition) is 5. The van der Waals surface area contributed by atoms with Gasteiger partial charge in [-0.1, -0.05) is 6.07 Å². The maximum atomic E-state index is 12.9. The van der Waals surface area contributed by atoms with Gasteiger partial charge < -0.3 is 20.3 Å². The fourth-order valence-electron chi connectivity index (χ4n) is 3.74. The standard InChI is InChI=1S/C25H22N2O5/c1-13-14(2)23-19(15(3)22(13)28)11-18(12-32-23)24(29)27-21-5-4-17(10-20(21)25(30)31)16-6-8-26-9-7-16/h4-11,28H,12H2,1-3H3,(H,27,29)(H,30,31). The van der Waals surface area contributed by atoms with Crippen molar-refractivity contribution in [3.8, 4) is 22.6 Å². The summed E-state index contributed by atoms with van der Waals surface area (Å²) in [7, 11) is 0.